The topological polar surface area (TPSA) is 78.4 Å². The summed E-state index contributed by atoms with van der Waals surface area (Å²) in [5.74, 6) is 0. The molecule has 0 amide bonds. The molecule has 0 atom stereocenters. The van der Waals surface area contributed by atoms with Crippen LogP contribution >= 0.6 is 0 Å². The van der Waals surface area contributed by atoms with Crippen LogP contribution in [0.15, 0.2) is 0 Å². The highest BCUT2D eigenvalue weighted by atomic mass is 32.2. The molecule has 3 N–H and O–H groups in total. The lowest BCUT2D eigenvalue weighted by atomic mass is 9.88. The highest BCUT2D eigenvalue weighted by Gasteiger charge is 2.20. The molecule has 0 aromatic rings. The summed E-state index contributed by atoms with van der Waals surface area (Å²) >= 11 is 0. The zero-order chi connectivity index (χ0) is 12.8. The Morgan fingerprint density at radius 1 is 1.31 bits per heavy atom. The quantitative estimate of drug-likeness (QED) is 0.592. The predicted molar refractivity (Wildman–Crippen MR) is 65.3 cm³/mol. The third-order valence-electron chi connectivity index (χ3n) is 2.14. The molecule has 98 valence electrons. The van der Waals surface area contributed by atoms with Gasteiger partial charge in [-0.25, -0.2) is 4.72 Å². The monoisotopic (exact) mass is 252 g/mol. The van der Waals surface area contributed by atoms with Gasteiger partial charge < -0.3 is 5.11 Å². The van der Waals surface area contributed by atoms with E-state index in [-0.39, 0.29) is 18.1 Å². The molecule has 16 heavy (non-hydrogen) atoms. The SMILES string of the molecule is CC(C)NS(=O)(=O)NCC(C)(C)CCCO. The summed E-state index contributed by atoms with van der Waals surface area (Å²) in [5, 5.41) is 8.73. The fourth-order valence-corrected chi connectivity index (χ4v) is 2.57. The van der Waals surface area contributed by atoms with Gasteiger partial charge in [0.1, 0.15) is 0 Å². The molecule has 0 bridgehead atoms. The Kier molecular flexibility index (Phi) is 6.47. The van der Waals surface area contributed by atoms with Crippen molar-refractivity contribution in [2.75, 3.05) is 13.2 Å². The lowest BCUT2D eigenvalue weighted by molar-refractivity contribution is 0.242. The molecule has 0 aliphatic carbocycles. The Hall–Kier alpha value is -0.170. The van der Waals surface area contributed by atoms with Crippen molar-refractivity contribution < 1.29 is 13.5 Å². The maximum Gasteiger partial charge on any atom is 0.277 e. The number of rotatable bonds is 8. The van der Waals surface area contributed by atoms with Crippen molar-refractivity contribution in [2.45, 2.75) is 46.6 Å². The molecule has 0 heterocycles. The van der Waals surface area contributed by atoms with Crippen molar-refractivity contribution in [3.8, 4) is 0 Å². The molecule has 0 rings (SSSR count). The van der Waals surface area contributed by atoms with Crippen molar-refractivity contribution in [3.05, 3.63) is 0 Å². The van der Waals surface area contributed by atoms with Crippen LogP contribution in [0.25, 0.3) is 0 Å². The van der Waals surface area contributed by atoms with Crippen LogP contribution in [0.2, 0.25) is 0 Å². The summed E-state index contributed by atoms with van der Waals surface area (Å²) in [6, 6.07) is -0.113. The minimum Gasteiger partial charge on any atom is -0.396 e. The maximum absolute atomic E-state index is 11.5. The van der Waals surface area contributed by atoms with Crippen LogP contribution in [0, 0.1) is 5.41 Å². The largest absolute Gasteiger partial charge is 0.396 e. The second kappa shape index (κ2) is 6.54. The summed E-state index contributed by atoms with van der Waals surface area (Å²) in [6.07, 6.45) is 1.47. The van der Waals surface area contributed by atoms with Gasteiger partial charge in [-0.2, -0.15) is 13.1 Å². The molecule has 0 unspecified atom stereocenters. The fourth-order valence-electron chi connectivity index (χ4n) is 1.29. The minimum atomic E-state index is -3.40. The molecule has 0 fully saturated rings. The Bertz CT molecular complexity index is 286. The van der Waals surface area contributed by atoms with Gasteiger partial charge in [-0.05, 0) is 32.1 Å². The summed E-state index contributed by atoms with van der Waals surface area (Å²) < 4.78 is 28.0. The van der Waals surface area contributed by atoms with E-state index in [1.807, 2.05) is 13.8 Å². The first-order valence-corrected chi connectivity index (χ1v) is 7.05. The van der Waals surface area contributed by atoms with Crippen molar-refractivity contribution in [1.82, 2.24) is 9.44 Å². The maximum atomic E-state index is 11.5. The summed E-state index contributed by atoms with van der Waals surface area (Å²) in [5.41, 5.74) is -0.144. The van der Waals surface area contributed by atoms with E-state index in [9.17, 15) is 8.42 Å². The van der Waals surface area contributed by atoms with Gasteiger partial charge in [0.2, 0.25) is 0 Å². The van der Waals surface area contributed by atoms with Gasteiger partial charge in [-0.1, -0.05) is 13.8 Å². The molecule has 0 radical (unpaired) electrons. The van der Waals surface area contributed by atoms with E-state index in [1.165, 1.54) is 0 Å². The molecule has 0 spiro atoms. The first kappa shape index (κ1) is 15.8. The summed E-state index contributed by atoms with van der Waals surface area (Å²) in [7, 11) is -3.40. The highest BCUT2D eigenvalue weighted by molar-refractivity contribution is 7.87. The summed E-state index contributed by atoms with van der Waals surface area (Å²) in [4.78, 5) is 0. The predicted octanol–water partition coefficient (Wildman–Crippen LogP) is 0.617. The summed E-state index contributed by atoms with van der Waals surface area (Å²) in [6.45, 7) is 8.00. The van der Waals surface area contributed by atoms with Gasteiger partial charge in [0.25, 0.3) is 10.2 Å². The van der Waals surface area contributed by atoms with E-state index in [0.29, 0.717) is 13.0 Å². The van der Waals surface area contributed by atoms with Crippen molar-refractivity contribution >= 4 is 10.2 Å². The minimum absolute atomic E-state index is 0.113. The third kappa shape index (κ3) is 8.04. The van der Waals surface area contributed by atoms with E-state index < -0.39 is 10.2 Å². The van der Waals surface area contributed by atoms with E-state index in [2.05, 4.69) is 9.44 Å². The molecular weight excluding hydrogens is 228 g/mol. The van der Waals surface area contributed by atoms with E-state index in [1.54, 1.807) is 13.8 Å². The lowest BCUT2D eigenvalue weighted by Gasteiger charge is -2.24. The first-order chi connectivity index (χ1) is 7.18. The van der Waals surface area contributed by atoms with E-state index in [0.717, 1.165) is 6.42 Å². The van der Waals surface area contributed by atoms with Crippen LogP contribution in [-0.2, 0) is 10.2 Å². The Labute approximate surface area is 98.8 Å². The van der Waals surface area contributed by atoms with Gasteiger partial charge in [0, 0.05) is 19.2 Å². The van der Waals surface area contributed by atoms with Gasteiger partial charge >= 0.3 is 0 Å². The zero-order valence-electron chi connectivity index (χ0n) is 10.6. The number of aliphatic hydroxyl groups is 1. The van der Waals surface area contributed by atoms with E-state index >= 15 is 0 Å². The third-order valence-corrected chi connectivity index (χ3v) is 3.45. The van der Waals surface area contributed by atoms with Gasteiger partial charge in [-0.15, -0.1) is 0 Å². The van der Waals surface area contributed by atoms with Crippen LogP contribution in [0.5, 0.6) is 0 Å². The van der Waals surface area contributed by atoms with Gasteiger partial charge in [0.15, 0.2) is 0 Å². The second-order valence-electron chi connectivity index (χ2n) is 5.09. The Morgan fingerprint density at radius 3 is 2.31 bits per heavy atom. The number of hydrogen-bond acceptors (Lipinski definition) is 3. The van der Waals surface area contributed by atoms with Crippen LogP contribution < -0.4 is 9.44 Å². The number of nitrogens with one attached hydrogen (secondary N) is 2. The average Bonchev–Trinajstić information content (AvgIpc) is 2.10. The normalized spacial score (nSPS) is 13.4. The molecule has 5 nitrogen and oxygen atoms in total. The molecule has 0 saturated heterocycles. The fraction of sp³-hybridized carbons (Fsp3) is 1.00. The molecule has 0 aliphatic rings. The molecule has 0 aromatic carbocycles. The molecule has 0 aromatic heterocycles. The molecule has 6 heteroatoms. The lowest BCUT2D eigenvalue weighted by Crippen LogP contribution is -2.43. The second-order valence-corrected chi connectivity index (χ2v) is 6.62. The zero-order valence-corrected chi connectivity index (χ0v) is 11.4. The highest BCUT2D eigenvalue weighted by Crippen LogP contribution is 2.20. The van der Waals surface area contributed by atoms with Crippen molar-refractivity contribution in [3.63, 3.8) is 0 Å². The van der Waals surface area contributed by atoms with E-state index in [4.69, 9.17) is 5.11 Å². The Morgan fingerprint density at radius 2 is 1.88 bits per heavy atom. The number of hydrogen-bond donors (Lipinski definition) is 3. The van der Waals surface area contributed by atoms with Crippen molar-refractivity contribution in [1.29, 1.82) is 0 Å². The number of aliphatic hydroxyl groups excluding tert-OH is 1. The average molecular weight is 252 g/mol. The first-order valence-electron chi connectivity index (χ1n) is 5.56. The van der Waals surface area contributed by atoms with Crippen LogP contribution in [0.1, 0.15) is 40.5 Å². The van der Waals surface area contributed by atoms with Crippen LogP contribution in [-0.4, -0.2) is 32.7 Å². The molecule has 0 aliphatic heterocycles. The van der Waals surface area contributed by atoms with Gasteiger partial charge in [-0.3, -0.25) is 0 Å². The molecule has 0 saturated carbocycles. The standard InChI is InChI=1S/C10H24N2O3S/c1-9(2)12-16(14,15)11-8-10(3,4)6-5-7-13/h9,11-13H,5-8H2,1-4H3. The Balaban J connectivity index is 4.12. The molecular formula is C10H24N2O3S. The van der Waals surface area contributed by atoms with Crippen molar-refractivity contribution in [2.24, 2.45) is 5.41 Å². The van der Waals surface area contributed by atoms with Crippen LogP contribution in [0.3, 0.4) is 0 Å². The van der Waals surface area contributed by atoms with Gasteiger partial charge in [0.05, 0.1) is 0 Å². The smallest absolute Gasteiger partial charge is 0.277 e. The van der Waals surface area contributed by atoms with Crippen LogP contribution in [0.4, 0.5) is 0 Å².